The van der Waals surface area contributed by atoms with E-state index >= 15 is 0 Å². The molecule has 0 bridgehead atoms. The maximum absolute atomic E-state index is 14.0. The van der Waals surface area contributed by atoms with Crippen LogP contribution < -0.4 is 10.1 Å². The van der Waals surface area contributed by atoms with E-state index in [4.69, 9.17) is 9.47 Å². The van der Waals surface area contributed by atoms with Gasteiger partial charge in [-0.25, -0.2) is 23.0 Å². The molecule has 7 nitrogen and oxygen atoms in total. The fourth-order valence-electron chi connectivity index (χ4n) is 4.17. The van der Waals surface area contributed by atoms with Gasteiger partial charge in [-0.1, -0.05) is 0 Å². The molecule has 2 saturated heterocycles. The van der Waals surface area contributed by atoms with E-state index in [2.05, 4.69) is 19.6 Å². The van der Waals surface area contributed by atoms with E-state index in [1.165, 1.54) is 24.5 Å². The van der Waals surface area contributed by atoms with Gasteiger partial charge in [0.15, 0.2) is 12.3 Å². The number of hydrogen-bond acceptors (Lipinski definition) is 7. The Labute approximate surface area is 190 Å². The second kappa shape index (κ2) is 8.83. The summed E-state index contributed by atoms with van der Waals surface area (Å²) in [6, 6.07) is 7.68. The standard InChI is InChI=1S/C23H24F2N4O3S/c1-14-8-16(29-33(30)6-2-3-7-33)10-19-22(14)23(27-13-26-19)28-18-5-4-15(24)9-20(18)32-21-12-31-11-17(21)25/h4-5,8-10,13,17,21H,2-3,6-7,11-12H2,1H3,(H,26,27,28)/t17-,21-/m1/s1. The number of rotatable bonds is 5. The van der Waals surface area contributed by atoms with Gasteiger partial charge in [0.1, 0.15) is 23.7 Å². The molecule has 0 saturated carbocycles. The van der Waals surface area contributed by atoms with Crippen molar-refractivity contribution in [3.63, 3.8) is 0 Å². The van der Waals surface area contributed by atoms with Crippen LogP contribution in [-0.2, 0) is 14.5 Å². The molecule has 3 aromatic rings. The van der Waals surface area contributed by atoms with Gasteiger partial charge in [-0.15, -0.1) is 0 Å². The first kappa shape index (κ1) is 22.0. The number of benzene rings is 2. The molecule has 174 valence electrons. The molecule has 10 heteroatoms. The predicted octanol–water partition coefficient (Wildman–Crippen LogP) is 4.83. The maximum atomic E-state index is 14.0. The van der Waals surface area contributed by atoms with E-state index in [0.29, 0.717) is 34.2 Å². The van der Waals surface area contributed by atoms with Gasteiger partial charge in [-0.05, 0) is 49.6 Å². The number of aromatic nitrogens is 2. The van der Waals surface area contributed by atoms with Crippen molar-refractivity contribution in [2.24, 2.45) is 4.36 Å². The summed E-state index contributed by atoms with van der Waals surface area (Å²) in [4.78, 5) is 8.73. The van der Waals surface area contributed by atoms with Gasteiger partial charge in [0.2, 0.25) is 0 Å². The molecule has 0 spiro atoms. The molecular formula is C23H24F2N4O3S. The molecule has 0 aliphatic carbocycles. The lowest BCUT2D eigenvalue weighted by molar-refractivity contribution is 0.129. The molecule has 2 atom stereocenters. The van der Waals surface area contributed by atoms with Crippen molar-refractivity contribution in [3.8, 4) is 5.75 Å². The van der Waals surface area contributed by atoms with Crippen molar-refractivity contribution in [3.05, 3.63) is 48.0 Å². The number of halogens is 2. The van der Waals surface area contributed by atoms with Crippen LogP contribution in [0.25, 0.3) is 10.9 Å². The Morgan fingerprint density at radius 1 is 1.18 bits per heavy atom. The molecule has 0 radical (unpaired) electrons. The van der Waals surface area contributed by atoms with Crippen LogP contribution in [0.5, 0.6) is 5.75 Å². The highest BCUT2D eigenvalue weighted by molar-refractivity contribution is 7.93. The first-order valence-corrected chi connectivity index (χ1v) is 12.7. The van der Waals surface area contributed by atoms with Crippen LogP contribution >= 0.6 is 0 Å². The van der Waals surface area contributed by atoms with Crippen LogP contribution in [0.15, 0.2) is 41.0 Å². The topological polar surface area (TPSA) is 85.7 Å². The summed E-state index contributed by atoms with van der Waals surface area (Å²) in [6.07, 6.45) is 1.19. The smallest absolute Gasteiger partial charge is 0.162 e. The van der Waals surface area contributed by atoms with E-state index in [0.717, 1.165) is 23.8 Å². The minimum Gasteiger partial charge on any atom is -0.483 e. The number of nitrogens with one attached hydrogen (secondary N) is 1. The third kappa shape index (κ3) is 4.63. The van der Waals surface area contributed by atoms with Crippen LogP contribution in [-0.4, -0.2) is 51.2 Å². The highest BCUT2D eigenvalue weighted by Crippen LogP contribution is 2.35. The number of nitrogens with zero attached hydrogens (tertiary/aromatic N) is 3. The summed E-state index contributed by atoms with van der Waals surface area (Å²) < 4.78 is 56.1. The van der Waals surface area contributed by atoms with Gasteiger partial charge in [0, 0.05) is 23.0 Å². The fraction of sp³-hybridized carbons (Fsp3) is 0.391. The first-order valence-electron chi connectivity index (χ1n) is 10.8. The number of anilines is 2. The van der Waals surface area contributed by atoms with E-state index in [-0.39, 0.29) is 19.0 Å². The number of ether oxygens (including phenoxy) is 2. The Hall–Kier alpha value is -2.85. The number of alkyl halides is 1. The van der Waals surface area contributed by atoms with Crippen molar-refractivity contribution in [2.45, 2.75) is 32.0 Å². The van der Waals surface area contributed by atoms with Crippen molar-refractivity contribution in [2.75, 3.05) is 30.0 Å². The second-order valence-corrected chi connectivity index (χ2v) is 10.9. The van der Waals surface area contributed by atoms with Gasteiger partial charge < -0.3 is 14.8 Å². The Kier molecular flexibility index (Phi) is 5.88. The lowest BCUT2D eigenvalue weighted by Crippen LogP contribution is -2.26. The average molecular weight is 475 g/mol. The normalized spacial score (nSPS) is 21.9. The van der Waals surface area contributed by atoms with E-state index in [9.17, 15) is 13.0 Å². The number of hydrogen-bond donors (Lipinski definition) is 1. The zero-order valence-corrected chi connectivity index (χ0v) is 18.9. The molecule has 2 aliphatic heterocycles. The van der Waals surface area contributed by atoms with Crippen LogP contribution in [0.3, 0.4) is 0 Å². The van der Waals surface area contributed by atoms with E-state index in [1.807, 2.05) is 13.0 Å². The zero-order chi connectivity index (χ0) is 23.0. The molecule has 1 N–H and O–H groups in total. The summed E-state index contributed by atoms with van der Waals surface area (Å²) in [7, 11) is -2.20. The van der Waals surface area contributed by atoms with Crippen molar-refractivity contribution < 1.29 is 22.5 Å². The van der Waals surface area contributed by atoms with Gasteiger partial charge in [-0.3, -0.25) is 0 Å². The quantitative estimate of drug-likeness (QED) is 0.570. The molecule has 2 aromatic carbocycles. The Morgan fingerprint density at radius 2 is 2.00 bits per heavy atom. The average Bonchev–Trinajstić information content (AvgIpc) is 3.38. The maximum Gasteiger partial charge on any atom is 0.162 e. The molecule has 5 rings (SSSR count). The van der Waals surface area contributed by atoms with Gasteiger partial charge in [0.25, 0.3) is 0 Å². The molecule has 0 amide bonds. The number of fused-ring (bicyclic) bond motifs is 1. The third-order valence-corrected chi connectivity index (χ3v) is 8.20. The summed E-state index contributed by atoms with van der Waals surface area (Å²) in [5.74, 6) is 1.41. The van der Waals surface area contributed by atoms with Crippen LogP contribution in [0.4, 0.5) is 26.0 Å². The Bertz CT molecular complexity index is 1310. The molecule has 33 heavy (non-hydrogen) atoms. The van der Waals surface area contributed by atoms with Gasteiger partial charge >= 0.3 is 0 Å². The monoisotopic (exact) mass is 474 g/mol. The molecule has 2 aliphatic rings. The first-order chi connectivity index (χ1) is 15.9. The molecule has 0 unspecified atom stereocenters. The molecular weight excluding hydrogens is 450 g/mol. The largest absolute Gasteiger partial charge is 0.483 e. The molecule has 2 fully saturated rings. The third-order valence-electron chi connectivity index (χ3n) is 5.81. The Morgan fingerprint density at radius 3 is 2.76 bits per heavy atom. The summed E-state index contributed by atoms with van der Waals surface area (Å²) in [5, 5.41) is 3.93. The lowest BCUT2D eigenvalue weighted by Gasteiger charge is -2.18. The lowest BCUT2D eigenvalue weighted by atomic mass is 10.1. The summed E-state index contributed by atoms with van der Waals surface area (Å²) in [6.45, 7) is 1.96. The zero-order valence-electron chi connectivity index (χ0n) is 18.1. The Balaban J connectivity index is 1.50. The van der Waals surface area contributed by atoms with Crippen LogP contribution in [0, 0.1) is 12.7 Å². The SMILES string of the molecule is Cc1cc(N=S2(=O)CCCC2)cc2ncnc(Nc3ccc(F)cc3O[C@@H]3COC[C@H]3F)c12. The van der Waals surface area contributed by atoms with Gasteiger partial charge in [0.05, 0.1) is 39.8 Å². The van der Waals surface area contributed by atoms with E-state index < -0.39 is 27.8 Å². The highest BCUT2D eigenvalue weighted by atomic mass is 32.2. The summed E-state index contributed by atoms with van der Waals surface area (Å²) in [5.41, 5.74) is 2.58. The van der Waals surface area contributed by atoms with Crippen molar-refractivity contribution in [1.82, 2.24) is 9.97 Å². The molecule has 3 heterocycles. The number of aryl methyl sites for hydroxylation is 1. The van der Waals surface area contributed by atoms with Crippen LogP contribution in [0.2, 0.25) is 0 Å². The van der Waals surface area contributed by atoms with Crippen molar-refractivity contribution >= 4 is 37.8 Å². The second-order valence-electron chi connectivity index (χ2n) is 8.33. The van der Waals surface area contributed by atoms with E-state index in [1.54, 1.807) is 6.07 Å². The van der Waals surface area contributed by atoms with Crippen molar-refractivity contribution in [1.29, 1.82) is 0 Å². The van der Waals surface area contributed by atoms with Gasteiger partial charge in [-0.2, -0.15) is 4.36 Å². The van der Waals surface area contributed by atoms with Crippen LogP contribution in [0.1, 0.15) is 18.4 Å². The fourth-order valence-corrected chi connectivity index (χ4v) is 6.35. The minimum absolute atomic E-state index is 0.0434. The predicted molar refractivity (Wildman–Crippen MR) is 123 cm³/mol. The highest BCUT2D eigenvalue weighted by Gasteiger charge is 2.30. The molecule has 1 aromatic heterocycles. The summed E-state index contributed by atoms with van der Waals surface area (Å²) >= 11 is 0. The minimum atomic E-state index is -2.20.